The van der Waals surface area contributed by atoms with Crippen LogP contribution in [-0.4, -0.2) is 50.4 Å². The molecule has 0 bridgehead atoms. The summed E-state index contributed by atoms with van der Waals surface area (Å²) in [6, 6.07) is 10.8. The zero-order chi connectivity index (χ0) is 22.8. The zero-order valence-electron chi connectivity index (χ0n) is 19.6. The number of aromatic nitrogens is 1. The summed E-state index contributed by atoms with van der Waals surface area (Å²) in [4.78, 5) is 22.8. The number of hydrogen-bond donors (Lipinski definition) is 1. The van der Waals surface area contributed by atoms with Crippen LogP contribution in [0.4, 0.5) is 22.9 Å². The molecule has 0 unspecified atom stereocenters. The number of nitrogens with one attached hydrogen (secondary N) is 1. The Kier molecular flexibility index (Phi) is 6.51. The van der Waals surface area contributed by atoms with Gasteiger partial charge in [0.2, 0.25) is 5.91 Å². The minimum atomic E-state index is 0.0270. The largest absolute Gasteiger partial charge is 0.383 e. The molecule has 7 nitrogen and oxygen atoms in total. The summed E-state index contributed by atoms with van der Waals surface area (Å²) in [5, 5.41) is 3.49. The zero-order valence-corrected chi connectivity index (χ0v) is 19.6. The maximum Gasteiger partial charge on any atom is 0.230 e. The van der Waals surface area contributed by atoms with Crippen molar-refractivity contribution in [1.29, 1.82) is 0 Å². The van der Waals surface area contributed by atoms with Crippen molar-refractivity contribution in [3.8, 4) is 0 Å². The lowest BCUT2D eigenvalue weighted by atomic mass is 9.86. The molecule has 1 N–H and O–H groups in total. The fourth-order valence-electron chi connectivity index (χ4n) is 5.59. The maximum absolute atomic E-state index is 13.9. The number of carbonyl (C=O) groups excluding carboxylic acids is 1. The minimum absolute atomic E-state index is 0.0270. The normalized spacial score (nSPS) is 24.6. The number of ether oxygens (including phenoxy) is 2. The number of amides is 1. The Morgan fingerprint density at radius 2 is 2.00 bits per heavy atom. The highest BCUT2D eigenvalue weighted by atomic mass is 16.5. The monoisotopic (exact) mass is 450 g/mol. The molecule has 3 heterocycles. The van der Waals surface area contributed by atoms with Crippen LogP contribution in [0.3, 0.4) is 0 Å². The lowest BCUT2D eigenvalue weighted by Gasteiger charge is -2.33. The van der Waals surface area contributed by atoms with E-state index < -0.39 is 0 Å². The Labute approximate surface area is 196 Å². The van der Waals surface area contributed by atoms with Crippen LogP contribution >= 0.6 is 0 Å². The lowest BCUT2D eigenvalue weighted by Crippen LogP contribution is -2.38. The fraction of sp³-hybridized carbons (Fsp3) is 0.538. The number of pyridine rings is 1. The highest BCUT2D eigenvalue weighted by Gasteiger charge is 2.34. The number of benzene rings is 1. The molecule has 1 aliphatic carbocycles. The highest BCUT2D eigenvalue weighted by Crippen LogP contribution is 2.40. The van der Waals surface area contributed by atoms with Gasteiger partial charge in [-0.3, -0.25) is 4.79 Å². The average Bonchev–Trinajstić information content (AvgIpc) is 3.25. The number of carbonyl (C=O) groups is 1. The number of anilines is 4. The van der Waals surface area contributed by atoms with E-state index in [1.165, 1.54) is 0 Å². The summed E-state index contributed by atoms with van der Waals surface area (Å²) in [5.41, 5.74) is 4.05. The lowest BCUT2D eigenvalue weighted by molar-refractivity contribution is -0.124. The first-order chi connectivity index (χ1) is 16.2. The molecular weight excluding hydrogens is 416 g/mol. The Hall–Kier alpha value is -2.64. The van der Waals surface area contributed by atoms with Crippen molar-refractivity contribution < 1.29 is 14.3 Å². The molecule has 176 valence electrons. The summed E-state index contributed by atoms with van der Waals surface area (Å²) in [6.07, 6.45) is 7.98. The van der Waals surface area contributed by atoms with Crippen LogP contribution in [0.5, 0.6) is 0 Å². The van der Waals surface area contributed by atoms with Crippen LogP contribution < -0.4 is 15.1 Å². The van der Waals surface area contributed by atoms with E-state index in [2.05, 4.69) is 39.5 Å². The second-order valence-electron chi connectivity index (χ2n) is 9.42. The van der Waals surface area contributed by atoms with E-state index in [4.69, 9.17) is 9.47 Å². The quantitative estimate of drug-likeness (QED) is 0.724. The van der Waals surface area contributed by atoms with E-state index in [0.717, 1.165) is 80.1 Å². The van der Waals surface area contributed by atoms with Crippen molar-refractivity contribution >= 4 is 28.8 Å². The summed E-state index contributed by atoms with van der Waals surface area (Å²) in [5.74, 6) is 1.05. The molecule has 7 heteroatoms. The number of methoxy groups -OCH3 is 2. The van der Waals surface area contributed by atoms with Gasteiger partial charge in [-0.15, -0.1) is 0 Å². The highest BCUT2D eigenvalue weighted by molar-refractivity contribution is 6.00. The van der Waals surface area contributed by atoms with Gasteiger partial charge in [-0.05, 0) is 62.8 Å². The Bertz CT molecular complexity index is 989. The number of fused-ring (bicyclic) bond motifs is 2. The predicted octanol–water partition coefficient (Wildman–Crippen LogP) is 4.49. The van der Waals surface area contributed by atoms with Crippen molar-refractivity contribution in [2.24, 2.45) is 5.92 Å². The molecule has 5 rings (SSSR count). The maximum atomic E-state index is 13.9. The molecular formula is C26H34N4O3. The Morgan fingerprint density at radius 3 is 2.79 bits per heavy atom. The molecule has 2 aromatic rings. The van der Waals surface area contributed by atoms with Gasteiger partial charge in [0.1, 0.15) is 5.82 Å². The molecule has 1 aromatic heterocycles. The van der Waals surface area contributed by atoms with E-state index in [1.54, 1.807) is 20.4 Å². The van der Waals surface area contributed by atoms with Crippen LogP contribution in [0.2, 0.25) is 0 Å². The van der Waals surface area contributed by atoms with Gasteiger partial charge in [-0.2, -0.15) is 0 Å². The summed E-state index contributed by atoms with van der Waals surface area (Å²) in [7, 11) is 3.53. The number of rotatable bonds is 5. The van der Waals surface area contributed by atoms with Crippen molar-refractivity contribution in [3.05, 3.63) is 42.1 Å². The van der Waals surface area contributed by atoms with Gasteiger partial charge < -0.3 is 24.6 Å². The van der Waals surface area contributed by atoms with Crippen LogP contribution in [0.1, 0.15) is 44.1 Å². The first-order valence-electron chi connectivity index (χ1n) is 12.1. The first kappa shape index (κ1) is 22.2. The smallest absolute Gasteiger partial charge is 0.230 e. The van der Waals surface area contributed by atoms with Gasteiger partial charge >= 0.3 is 0 Å². The van der Waals surface area contributed by atoms with E-state index >= 15 is 0 Å². The van der Waals surface area contributed by atoms with Gasteiger partial charge in [0.15, 0.2) is 0 Å². The minimum Gasteiger partial charge on any atom is -0.383 e. The van der Waals surface area contributed by atoms with Crippen LogP contribution in [0.15, 0.2) is 36.5 Å². The molecule has 3 aliphatic rings. The molecule has 0 radical (unpaired) electrons. The third-order valence-electron chi connectivity index (χ3n) is 7.44. The standard InChI is InChI=1S/C26H34N4O3/c1-32-17-21-6-4-14-29(21)20-9-12-23-24(15-20)30(16-19-5-3-13-27-25(19)28-23)26(31)18-7-10-22(33-2)11-8-18/h3,5,9,12-13,15,18,21-22H,4,6-8,10-11,14,16-17H2,1-2H3,(H,27,28)/t18?,21-,22?/m1/s1. The molecule has 1 saturated heterocycles. The van der Waals surface area contributed by atoms with Gasteiger partial charge in [0.25, 0.3) is 0 Å². The van der Waals surface area contributed by atoms with Gasteiger partial charge in [-0.25, -0.2) is 4.98 Å². The second kappa shape index (κ2) is 9.69. The third-order valence-corrected chi connectivity index (χ3v) is 7.44. The topological polar surface area (TPSA) is 66.9 Å². The predicted molar refractivity (Wildman–Crippen MR) is 130 cm³/mol. The van der Waals surface area contributed by atoms with Crippen molar-refractivity contribution in [2.45, 2.75) is 57.2 Å². The molecule has 1 atom stereocenters. The SMILES string of the molecule is COC[C@H]1CCCN1c1ccc2c(c1)N(C(=O)C1CCC(OC)CC1)Cc1cccnc1N2. The summed E-state index contributed by atoms with van der Waals surface area (Å²) in [6.45, 7) is 2.25. The Morgan fingerprint density at radius 1 is 1.15 bits per heavy atom. The molecule has 1 saturated carbocycles. The van der Waals surface area contributed by atoms with Crippen LogP contribution in [0, 0.1) is 5.92 Å². The fourth-order valence-corrected chi connectivity index (χ4v) is 5.59. The Balaban J connectivity index is 1.49. The van der Waals surface area contributed by atoms with E-state index in [1.807, 2.05) is 11.0 Å². The van der Waals surface area contributed by atoms with E-state index in [9.17, 15) is 4.79 Å². The van der Waals surface area contributed by atoms with Gasteiger partial charge in [0.05, 0.1) is 36.7 Å². The van der Waals surface area contributed by atoms with Crippen molar-refractivity contribution in [2.75, 3.05) is 42.5 Å². The van der Waals surface area contributed by atoms with Gasteiger partial charge in [0, 0.05) is 44.1 Å². The molecule has 1 aromatic carbocycles. The average molecular weight is 451 g/mol. The number of hydrogen-bond acceptors (Lipinski definition) is 6. The van der Waals surface area contributed by atoms with Crippen molar-refractivity contribution in [1.82, 2.24) is 4.98 Å². The molecule has 33 heavy (non-hydrogen) atoms. The van der Waals surface area contributed by atoms with E-state index in [0.29, 0.717) is 12.6 Å². The third kappa shape index (κ3) is 4.44. The van der Waals surface area contributed by atoms with Crippen LogP contribution in [0.25, 0.3) is 0 Å². The molecule has 2 fully saturated rings. The summed E-state index contributed by atoms with van der Waals surface area (Å²) < 4.78 is 11.0. The second-order valence-corrected chi connectivity index (χ2v) is 9.42. The molecule has 1 amide bonds. The van der Waals surface area contributed by atoms with Crippen LogP contribution in [-0.2, 0) is 20.8 Å². The number of nitrogens with zero attached hydrogens (tertiary/aromatic N) is 3. The summed E-state index contributed by atoms with van der Waals surface area (Å²) >= 11 is 0. The van der Waals surface area contributed by atoms with Gasteiger partial charge in [-0.1, -0.05) is 6.07 Å². The molecule has 0 spiro atoms. The first-order valence-corrected chi connectivity index (χ1v) is 12.1. The van der Waals surface area contributed by atoms with Crippen molar-refractivity contribution in [3.63, 3.8) is 0 Å². The van der Waals surface area contributed by atoms with E-state index in [-0.39, 0.29) is 17.9 Å². The molecule has 2 aliphatic heterocycles.